The molecule has 0 fully saturated rings. The summed E-state index contributed by atoms with van der Waals surface area (Å²) in [6, 6.07) is 13.6. The van der Waals surface area contributed by atoms with Gasteiger partial charge in [-0.2, -0.15) is 0 Å². The number of nitrogens with zero attached hydrogens (tertiary/aromatic N) is 1. The maximum Gasteiger partial charge on any atom is 0.125 e. The topological polar surface area (TPSA) is 29.3 Å². The number of nitrogens with two attached hydrogens (primary N) is 1. The zero-order valence-electron chi connectivity index (χ0n) is 11.6. The molecule has 104 valence electrons. The summed E-state index contributed by atoms with van der Waals surface area (Å²) in [5.41, 5.74) is 10.4. The Morgan fingerprint density at radius 2 is 1.95 bits per heavy atom. The Hall–Kier alpha value is -1.87. The standard InChI is InChI=1S/C17H19FN2/c1-12(19)10-13-2-6-16(7-3-13)20-9-8-14-4-5-15(18)11-17(14)20/h2-7,11-12H,8-10,19H2,1H3. The van der Waals surface area contributed by atoms with Gasteiger partial charge in [-0.25, -0.2) is 4.39 Å². The molecule has 0 aliphatic carbocycles. The lowest BCUT2D eigenvalue weighted by Gasteiger charge is -2.20. The van der Waals surface area contributed by atoms with E-state index in [4.69, 9.17) is 5.73 Å². The molecule has 2 nitrogen and oxygen atoms in total. The predicted octanol–water partition coefficient (Wildman–Crippen LogP) is 3.41. The Morgan fingerprint density at radius 3 is 2.65 bits per heavy atom. The van der Waals surface area contributed by atoms with E-state index in [1.807, 2.05) is 13.0 Å². The van der Waals surface area contributed by atoms with Gasteiger partial charge in [0.15, 0.2) is 0 Å². The molecule has 2 aromatic rings. The van der Waals surface area contributed by atoms with Crippen molar-refractivity contribution in [2.75, 3.05) is 11.4 Å². The first-order valence-electron chi connectivity index (χ1n) is 7.04. The van der Waals surface area contributed by atoms with Crippen LogP contribution in [-0.4, -0.2) is 12.6 Å². The molecule has 3 heteroatoms. The zero-order chi connectivity index (χ0) is 14.1. The molecule has 1 atom stereocenters. The first-order chi connectivity index (χ1) is 9.63. The monoisotopic (exact) mass is 270 g/mol. The van der Waals surface area contributed by atoms with Gasteiger partial charge in [-0.05, 0) is 55.2 Å². The Balaban J connectivity index is 1.86. The van der Waals surface area contributed by atoms with E-state index in [0.29, 0.717) is 0 Å². The van der Waals surface area contributed by atoms with Crippen LogP contribution < -0.4 is 10.6 Å². The van der Waals surface area contributed by atoms with Gasteiger partial charge in [0.2, 0.25) is 0 Å². The highest BCUT2D eigenvalue weighted by Gasteiger charge is 2.20. The zero-order valence-corrected chi connectivity index (χ0v) is 11.6. The lowest BCUT2D eigenvalue weighted by Crippen LogP contribution is -2.18. The second-order valence-corrected chi connectivity index (χ2v) is 5.52. The second-order valence-electron chi connectivity index (χ2n) is 5.52. The molecular formula is C17H19FN2. The molecule has 1 unspecified atom stereocenters. The van der Waals surface area contributed by atoms with Crippen molar-refractivity contribution >= 4 is 11.4 Å². The molecule has 0 radical (unpaired) electrons. The Kier molecular flexibility index (Phi) is 3.45. The minimum atomic E-state index is -0.177. The van der Waals surface area contributed by atoms with Crippen LogP contribution in [0.3, 0.4) is 0 Å². The highest BCUT2D eigenvalue weighted by molar-refractivity contribution is 5.69. The van der Waals surface area contributed by atoms with Crippen molar-refractivity contribution in [2.24, 2.45) is 5.73 Å². The summed E-state index contributed by atoms with van der Waals surface area (Å²) < 4.78 is 13.4. The van der Waals surface area contributed by atoms with Crippen molar-refractivity contribution < 1.29 is 4.39 Å². The molecule has 2 N–H and O–H groups in total. The van der Waals surface area contributed by atoms with E-state index in [2.05, 4.69) is 29.2 Å². The van der Waals surface area contributed by atoms with Crippen molar-refractivity contribution in [3.63, 3.8) is 0 Å². The minimum Gasteiger partial charge on any atom is -0.341 e. The number of hydrogen-bond acceptors (Lipinski definition) is 2. The fourth-order valence-corrected chi connectivity index (χ4v) is 2.80. The van der Waals surface area contributed by atoms with Crippen molar-refractivity contribution in [1.82, 2.24) is 0 Å². The van der Waals surface area contributed by atoms with Gasteiger partial charge in [0.1, 0.15) is 5.82 Å². The summed E-state index contributed by atoms with van der Waals surface area (Å²) in [6.07, 6.45) is 1.85. The van der Waals surface area contributed by atoms with Crippen LogP contribution in [0, 0.1) is 5.82 Å². The van der Waals surface area contributed by atoms with E-state index in [-0.39, 0.29) is 11.9 Å². The molecule has 1 heterocycles. The molecule has 2 aromatic carbocycles. The smallest absolute Gasteiger partial charge is 0.125 e. The average Bonchev–Trinajstić information content (AvgIpc) is 2.82. The van der Waals surface area contributed by atoms with E-state index in [1.165, 1.54) is 17.2 Å². The van der Waals surface area contributed by atoms with Gasteiger partial charge >= 0.3 is 0 Å². The van der Waals surface area contributed by atoms with Gasteiger partial charge < -0.3 is 10.6 Å². The maximum atomic E-state index is 13.4. The van der Waals surface area contributed by atoms with Gasteiger partial charge in [-0.1, -0.05) is 18.2 Å². The average molecular weight is 270 g/mol. The quantitative estimate of drug-likeness (QED) is 0.926. The van der Waals surface area contributed by atoms with Crippen LogP contribution in [0.15, 0.2) is 42.5 Å². The summed E-state index contributed by atoms with van der Waals surface area (Å²) in [4.78, 5) is 2.17. The van der Waals surface area contributed by atoms with Crippen LogP contribution >= 0.6 is 0 Å². The minimum absolute atomic E-state index is 0.169. The molecule has 20 heavy (non-hydrogen) atoms. The molecule has 0 amide bonds. The number of anilines is 2. The molecule has 0 saturated heterocycles. The largest absolute Gasteiger partial charge is 0.341 e. The van der Waals surface area contributed by atoms with Crippen molar-refractivity contribution in [2.45, 2.75) is 25.8 Å². The Labute approximate surface area is 119 Å². The van der Waals surface area contributed by atoms with E-state index in [0.717, 1.165) is 30.8 Å². The van der Waals surface area contributed by atoms with Gasteiger partial charge in [0.05, 0.1) is 0 Å². The SMILES string of the molecule is CC(N)Cc1ccc(N2CCc3ccc(F)cc32)cc1. The molecule has 3 rings (SSSR count). The fraction of sp³-hybridized carbons (Fsp3) is 0.294. The van der Waals surface area contributed by atoms with Crippen molar-refractivity contribution in [1.29, 1.82) is 0 Å². The number of benzene rings is 2. The first-order valence-corrected chi connectivity index (χ1v) is 7.04. The highest BCUT2D eigenvalue weighted by Crippen LogP contribution is 2.34. The van der Waals surface area contributed by atoms with Gasteiger partial charge in [0, 0.05) is 24.0 Å². The molecular weight excluding hydrogens is 251 g/mol. The van der Waals surface area contributed by atoms with Crippen LogP contribution in [-0.2, 0) is 12.8 Å². The van der Waals surface area contributed by atoms with Gasteiger partial charge in [-0.15, -0.1) is 0 Å². The Bertz CT molecular complexity index is 605. The van der Waals surface area contributed by atoms with Crippen molar-refractivity contribution in [3.05, 3.63) is 59.4 Å². The molecule has 0 bridgehead atoms. The van der Waals surface area contributed by atoms with E-state index in [9.17, 15) is 4.39 Å². The summed E-state index contributed by atoms with van der Waals surface area (Å²) in [7, 11) is 0. The first kappa shape index (κ1) is 13.1. The van der Waals surface area contributed by atoms with Crippen LogP contribution in [0.2, 0.25) is 0 Å². The normalized spacial score (nSPS) is 15.2. The molecule has 1 aliphatic rings. The third-order valence-electron chi connectivity index (χ3n) is 3.75. The maximum absolute atomic E-state index is 13.4. The van der Waals surface area contributed by atoms with Gasteiger partial charge in [-0.3, -0.25) is 0 Å². The van der Waals surface area contributed by atoms with Crippen LogP contribution in [0.4, 0.5) is 15.8 Å². The molecule has 0 spiro atoms. The number of rotatable bonds is 3. The van der Waals surface area contributed by atoms with Crippen LogP contribution in [0.1, 0.15) is 18.1 Å². The summed E-state index contributed by atoms with van der Waals surface area (Å²) in [5, 5.41) is 0. The van der Waals surface area contributed by atoms with Crippen LogP contribution in [0.25, 0.3) is 0 Å². The fourth-order valence-electron chi connectivity index (χ4n) is 2.80. The third kappa shape index (κ3) is 2.54. The molecule has 0 aromatic heterocycles. The van der Waals surface area contributed by atoms with Gasteiger partial charge in [0.25, 0.3) is 0 Å². The van der Waals surface area contributed by atoms with E-state index in [1.54, 1.807) is 6.07 Å². The summed E-state index contributed by atoms with van der Waals surface area (Å²) >= 11 is 0. The second kappa shape index (κ2) is 5.25. The highest BCUT2D eigenvalue weighted by atomic mass is 19.1. The summed E-state index contributed by atoms with van der Waals surface area (Å²) in [5.74, 6) is -0.177. The predicted molar refractivity (Wildman–Crippen MR) is 80.9 cm³/mol. The lowest BCUT2D eigenvalue weighted by molar-refractivity contribution is 0.628. The molecule has 0 saturated carbocycles. The number of halogens is 1. The van der Waals surface area contributed by atoms with Crippen LogP contribution in [0.5, 0.6) is 0 Å². The number of hydrogen-bond donors (Lipinski definition) is 1. The molecule has 1 aliphatic heterocycles. The van der Waals surface area contributed by atoms with Crippen molar-refractivity contribution in [3.8, 4) is 0 Å². The number of fused-ring (bicyclic) bond motifs is 1. The Morgan fingerprint density at radius 1 is 1.20 bits per heavy atom. The summed E-state index contributed by atoms with van der Waals surface area (Å²) in [6.45, 7) is 2.92. The van der Waals surface area contributed by atoms with E-state index >= 15 is 0 Å². The van der Waals surface area contributed by atoms with E-state index < -0.39 is 0 Å². The third-order valence-corrected chi connectivity index (χ3v) is 3.75. The lowest BCUT2D eigenvalue weighted by atomic mass is 10.1.